The number of hydrogen-bond donors (Lipinski definition) is 0. The minimum Gasteiger partial charge on any atom is -0.444 e. The van der Waals surface area contributed by atoms with E-state index >= 15 is 0 Å². The number of likely N-dealkylation sites (tertiary alicyclic amines) is 1. The average molecular weight is 283 g/mol. The summed E-state index contributed by atoms with van der Waals surface area (Å²) in [5.41, 5.74) is 0.187. The van der Waals surface area contributed by atoms with Crippen molar-refractivity contribution in [1.82, 2.24) is 4.90 Å². The smallest absolute Gasteiger partial charge is 0.410 e. The molecule has 3 nitrogen and oxygen atoms in total. The van der Waals surface area contributed by atoms with E-state index in [2.05, 4.69) is 0 Å². The van der Waals surface area contributed by atoms with Gasteiger partial charge in [-0.25, -0.2) is 13.6 Å². The lowest BCUT2D eigenvalue weighted by Crippen LogP contribution is -2.35. The zero-order valence-corrected chi connectivity index (χ0v) is 12.0. The van der Waals surface area contributed by atoms with Crippen LogP contribution in [0.4, 0.5) is 13.6 Å². The molecule has 1 aromatic carbocycles. The van der Waals surface area contributed by atoms with E-state index in [1.54, 1.807) is 11.0 Å². The summed E-state index contributed by atoms with van der Waals surface area (Å²) in [5, 5.41) is 0. The normalized spacial score (nSPS) is 19.2. The highest BCUT2D eigenvalue weighted by Crippen LogP contribution is 2.29. The van der Waals surface area contributed by atoms with Crippen molar-refractivity contribution in [2.45, 2.75) is 38.7 Å². The first-order chi connectivity index (χ1) is 9.26. The Hall–Kier alpha value is -1.65. The molecule has 1 heterocycles. The number of carbonyl (C=O) groups excluding carboxylic acids is 1. The van der Waals surface area contributed by atoms with Gasteiger partial charge in [0.2, 0.25) is 0 Å². The zero-order valence-electron chi connectivity index (χ0n) is 12.0. The third-order valence-corrected chi connectivity index (χ3v) is 3.26. The average Bonchev–Trinajstić information content (AvgIpc) is 2.80. The standard InChI is InChI=1S/C15H19F2NO2/c1-15(2,3)20-14(19)18-7-6-11(9-18)10-4-5-12(16)13(17)8-10/h4-5,8,11H,6-7,9H2,1-3H3. The van der Waals surface area contributed by atoms with Gasteiger partial charge in [-0.2, -0.15) is 0 Å². The van der Waals surface area contributed by atoms with Gasteiger partial charge in [0.25, 0.3) is 0 Å². The van der Waals surface area contributed by atoms with Crippen molar-refractivity contribution < 1.29 is 18.3 Å². The Morgan fingerprint density at radius 1 is 1.30 bits per heavy atom. The van der Waals surface area contributed by atoms with Crippen LogP contribution in [0.5, 0.6) is 0 Å². The number of rotatable bonds is 1. The lowest BCUT2D eigenvalue weighted by Gasteiger charge is -2.24. The first kappa shape index (κ1) is 14.8. The second-order valence-electron chi connectivity index (χ2n) is 6.09. The number of amides is 1. The molecule has 1 aromatic rings. The maximum absolute atomic E-state index is 13.2. The molecule has 110 valence electrons. The van der Waals surface area contributed by atoms with Crippen LogP contribution in [0, 0.1) is 11.6 Å². The maximum Gasteiger partial charge on any atom is 0.410 e. The number of carbonyl (C=O) groups is 1. The van der Waals surface area contributed by atoms with E-state index in [0.717, 1.165) is 18.1 Å². The molecule has 0 spiro atoms. The van der Waals surface area contributed by atoms with Crippen LogP contribution in [0.2, 0.25) is 0 Å². The molecule has 1 atom stereocenters. The lowest BCUT2D eigenvalue weighted by atomic mass is 9.98. The van der Waals surface area contributed by atoms with Crippen LogP contribution in [-0.4, -0.2) is 29.7 Å². The fraction of sp³-hybridized carbons (Fsp3) is 0.533. The van der Waals surface area contributed by atoms with Crippen LogP contribution in [0.15, 0.2) is 18.2 Å². The van der Waals surface area contributed by atoms with Crippen molar-refractivity contribution in [3.05, 3.63) is 35.4 Å². The molecule has 0 saturated carbocycles. The van der Waals surface area contributed by atoms with E-state index in [1.165, 1.54) is 6.07 Å². The van der Waals surface area contributed by atoms with Gasteiger partial charge in [0, 0.05) is 19.0 Å². The summed E-state index contributed by atoms with van der Waals surface area (Å²) >= 11 is 0. The fourth-order valence-electron chi connectivity index (χ4n) is 2.29. The fourth-order valence-corrected chi connectivity index (χ4v) is 2.29. The number of halogens is 2. The summed E-state index contributed by atoms with van der Waals surface area (Å²) < 4.78 is 31.4. The molecule has 2 rings (SSSR count). The van der Waals surface area contributed by atoms with Crippen molar-refractivity contribution >= 4 is 6.09 Å². The molecular formula is C15H19F2NO2. The van der Waals surface area contributed by atoms with Crippen LogP contribution in [0.25, 0.3) is 0 Å². The molecule has 0 bridgehead atoms. The molecule has 0 aromatic heterocycles. The molecular weight excluding hydrogens is 264 g/mol. The van der Waals surface area contributed by atoms with Gasteiger partial charge < -0.3 is 9.64 Å². The van der Waals surface area contributed by atoms with E-state index in [4.69, 9.17) is 4.74 Å². The second-order valence-corrected chi connectivity index (χ2v) is 6.09. The molecule has 1 unspecified atom stereocenters. The molecule has 1 fully saturated rings. The predicted octanol–water partition coefficient (Wildman–Crippen LogP) is 3.69. The Labute approximate surface area is 117 Å². The van der Waals surface area contributed by atoms with E-state index in [1.807, 2.05) is 20.8 Å². The summed E-state index contributed by atoms with van der Waals surface area (Å²) in [6.07, 6.45) is 0.368. The molecule has 1 amide bonds. The molecule has 5 heteroatoms. The highest BCUT2D eigenvalue weighted by Gasteiger charge is 2.30. The molecule has 20 heavy (non-hydrogen) atoms. The van der Waals surface area contributed by atoms with Crippen LogP contribution >= 0.6 is 0 Å². The predicted molar refractivity (Wildman–Crippen MR) is 71.5 cm³/mol. The SMILES string of the molecule is CC(C)(C)OC(=O)N1CCC(c2ccc(F)c(F)c2)C1. The summed E-state index contributed by atoms with van der Waals surface area (Å²) in [5.74, 6) is -1.67. The Morgan fingerprint density at radius 3 is 2.60 bits per heavy atom. The minimum atomic E-state index is -0.851. The molecule has 0 radical (unpaired) electrons. The van der Waals surface area contributed by atoms with Crippen molar-refractivity contribution in [1.29, 1.82) is 0 Å². The van der Waals surface area contributed by atoms with Gasteiger partial charge in [0.1, 0.15) is 5.60 Å². The van der Waals surface area contributed by atoms with Crippen LogP contribution in [0.3, 0.4) is 0 Å². The van der Waals surface area contributed by atoms with Gasteiger partial charge in [-0.05, 0) is 44.9 Å². The van der Waals surface area contributed by atoms with Gasteiger partial charge in [0.15, 0.2) is 11.6 Å². The van der Waals surface area contributed by atoms with Crippen LogP contribution in [0.1, 0.15) is 38.7 Å². The van der Waals surface area contributed by atoms with E-state index in [-0.39, 0.29) is 12.0 Å². The van der Waals surface area contributed by atoms with Crippen molar-refractivity contribution in [2.75, 3.05) is 13.1 Å². The Morgan fingerprint density at radius 2 is 2.00 bits per heavy atom. The molecule has 0 N–H and O–H groups in total. The maximum atomic E-state index is 13.2. The Kier molecular flexibility index (Phi) is 3.97. The summed E-state index contributed by atoms with van der Waals surface area (Å²) in [6.45, 7) is 6.48. The van der Waals surface area contributed by atoms with Gasteiger partial charge in [0.05, 0.1) is 0 Å². The third kappa shape index (κ3) is 3.46. The number of ether oxygens (including phenoxy) is 1. The number of benzene rings is 1. The molecule has 1 aliphatic rings. The zero-order chi connectivity index (χ0) is 14.9. The first-order valence-electron chi connectivity index (χ1n) is 6.69. The highest BCUT2D eigenvalue weighted by atomic mass is 19.2. The largest absolute Gasteiger partial charge is 0.444 e. The van der Waals surface area contributed by atoms with Crippen LogP contribution < -0.4 is 0 Å². The Bertz CT molecular complexity index is 511. The van der Waals surface area contributed by atoms with Gasteiger partial charge in [-0.15, -0.1) is 0 Å². The van der Waals surface area contributed by atoms with E-state index < -0.39 is 17.2 Å². The van der Waals surface area contributed by atoms with Gasteiger partial charge in [-0.1, -0.05) is 6.07 Å². The molecule has 1 saturated heterocycles. The number of nitrogens with zero attached hydrogens (tertiary/aromatic N) is 1. The van der Waals surface area contributed by atoms with Crippen molar-refractivity contribution in [3.63, 3.8) is 0 Å². The lowest BCUT2D eigenvalue weighted by molar-refractivity contribution is 0.0292. The number of hydrogen-bond acceptors (Lipinski definition) is 2. The summed E-state index contributed by atoms with van der Waals surface area (Å²) in [4.78, 5) is 13.5. The first-order valence-corrected chi connectivity index (χ1v) is 6.69. The van der Waals surface area contributed by atoms with Gasteiger partial charge in [-0.3, -0.25) is 0 Å². The minimum absolute atomic E-state index is 0.0256. The quantitative estimate of drug-likeness (QED) is 0.786. The Balaban J connectivity index is 2.01. The van der Waals surface area contributed by atoms with E-state index in [9.17, 15) is 13.6 Å². The highest BCUT2D eigenvalue weighted by molar-refractivity contribution is 5.68. The van der Waals surface area contributed by atoms with Crippen LogP contribution in [-0.2, 0) is 4.74 Å². The van der Waals surface area contributed by atoms with Gasteiger partial charge >= 0.3 is 6.09 Å². The van der Waals surface area contributed by atoms with Crippen molar-refractivity contribution in [3.8, 4) is 0 Å². The second kappa shape index (κ2) is 5.38. The van der Waals surface area contributed by atoms with E-state index in [0.29, 0.717) is 13.1 Å². The molecule has 1 aliphatic heterocycles. The monoisotopic (exact) mass is 283 g/mol. The van der Waals surface area contributed by atoms with Crippen molar-refractivity contribution in [2.24, 2.45) is 0 Å². The molecule has 0 aliphatic carbocycles. The topological polar surface area (TPSA) is 29.5 Å². The third-order valence-electron chi connectivity index (χ3n) is 3.26. The summed E-state index contributed by atoms with van der Waals surface area (Å²) in [6, 6.07) is 3.90. The summed E-state index contributed by atoms with van der Waals surface area (Å²) in [7, 11) is 0.